The summed E-state index contributed by atoms with van der Waals surface area (Å²) >= 11 is 1.85. The lowest BCUT2D eigenvalue weighted by Crippen LogP contribution is -2.33. The lowest BCUT2D eigenvalue weighted by molar-refractivity contribution is 0.472. The van der Waals surface area contributed by atoms with Crippen LogP contribution in [0.3, 0.4) is 0 Å². The summed E-state index contributed by atoms with van der Waals surface area (Å²) in [4.78, 5) is 8.34. The van der Waals surface area contributed by atoms with Crippen LogP contribution >= 0.6 is 11.8 Å². The molecule has 3 unspecified atom stereocenters. The fourth-order valence-electron chi connectivity index (χ4n) is 3.02. The van der Waals surface area contributed by atoms with E-state index in [0.29, 0.717) is 17.2 Å². The van der Waals surface area contributed by atoms with Gasteiger partial charge in [0.2, 0.25) is 0 Å². The number of nitrogens with zero attached hydrogens (tertiary/aromatic N) is 2. The molecule has 1 heterocycles. The molecule has 0 radical (unpaired) electrons. The maximum absolute atomic E-state index is 4.35. The molecule has 0 amide bonds. The molecule has 0 aliphatic heterocycles. The number of nitrogens with one attached hydrogen (secondary N) is 1. The van der Waals surface area contributed by atoms with Crippen molar-refractivity contribution in [3.8, 4) is 0 Å². The highest BCUT2D eigenvalue weighted by Gasteiger charge is 2.32. The third kappa shape index (κ3) is 2.58. The van der Waals surface area contributed by atoms with Crippen molar-refractivity contribution >= 4 is 11.8 Å². The summed E-state index contributed by atoms with van der Waals surface area (Å²) < 4.78 is 0. The zero-order chi connectivity index (χ0) is 13.9. The highest BCUT2D eigenvalue weighted by molar-refractivity contribution is 7.99. The number of fused-ring (bicyclic) bond motifs is 1. The fourth-order valence-corrected chi connectivity index (χ4v) is 4.38. The van der Waals surface area contributed by atoms with Gasteiger partial charge in [0.25, 0.3) is 0 Å². The summed E-state index contributed by atoms with van der Waals surface area (Å²) in [5, 5.41) is 5.04. The maximum Gasteiger partial charge on any atom is 0.116 e. The molecule has 4 heteroatoms. The second-order valence-electron chi connectivity index (χ2n) is 5.24. The Morgan fingerprint density at radius 2 is 2.00 bits per heavy atom. The average Bonchev–Trinajstić information content (AvgIpc) is 2.49. The Kier molecular flexibility index (Phi) is 4.03. The van der Waals surface area contributed by atoms with Crippen molar-refractivity contribution in [2.75, 3.05) is 7.05 Å². The second kappa shape index (κ2) is 5.94. The van der Waals surface area contributed by atoms with Crippen LogP contribution in [0.5, 0.6) is 0 Å². The normalized spacial score (nSPS) is 25.2. The van der Waals surface area contributed by atoms with Crippen molar-refractivity contribution < 1.29 is 0 Å². The van der Waals surface area contributed by atoms with E-state index < -0.39 is 0 Å². The Morgan fingerprint density at radius 1 is 1.20 bits per heavy atom. The first-order valence-electron chi connectivity index (χ1n) is 6.98. The van der Waals surface area contributed by atoms with Gasteiger partial charge in [-0.05, 0) is 36.6 Å². The Hall–Kier alpha value is -1.39. The van der Waals surface area contributed by atoms with Crippen molar-refractivity contribution in [3.05, 3.63) is 54.0 Å². The molecule has 3 rings (SSSR count). The van der Waals surface area contributed by atoms with Crippen molar-refractivity contribution in [3.63, 3.8) is 0 Å². The number of benzene rings is 1. The first kappa shape index (κ1) is 13.6. The molecule has 0 fully saturated rings. The number of thioether (sulfide) groups is 1. The van der Waals surface area contributed by atoms with Gasteiger partial charge < -0.3 is 5.32 Å². The Morgan fingerprint density at radius 3 is 2.70 bits per heavy atom. The van der Waals surface area contributed by atoms with Crippen LogP contribution in [0.2, 0.25) is 0 Å². The van der Waals surface area contributed by atoms with Gasteiger partial charge in [-0.25, -0.2) is 9.97 Å². The molecule has 1 N–H and O–H groups in total. The first-order chi connectivity index (χ1) is 9.79. The molecule has 3 atom stereocenters. The van der Waals surface area contributed by atoms with E-state index in [0.717, 1.165) is 11.4 Å². The average molecular weight is 285 g/mol. The van der Waals surface area contributed by atoms with E-state index in [9.17, 15) is 0 Å². The van der Waals surface area contributed by atoms with Gasteiger partial charge in [-0.1, -0.05) is 31.2 Å². The lowest BCUT2D eigenvalue weighted by atomic mass is 9.81. The number of rotatable bonds is 3. The molecule has 1 aromatic carbocycles. The summed E-state index contributed by atoms with van der Waals surface area (Å²) in [5.41, 5.74) is 2.91. The summed E-state index contributed by atoms with van der Waals surface area (Å²) in [7, 11) is 2.05. The van der Waals surface area contributed by atoms with Gasteiger partial charge in [0.15, 0.2) is 0 Å². The Labute approximate surface area is 124 Å². The van der Waals surface area contributed by atoms with Crippen molar-refractivity contribution in [2.45, 2.75) is 35.6 Å². The lowest BCUT2D eigenvalue weighted by Gasteiger charge is -2.36. The number of hydrogen-bond acceptors (Lipinski definition) is 4. The van der Waals surface area contributed by atoms with Gasteiger partial charge in [0.05, 0.1) is 5.03 Å². The third-order valence-corrected chi connectivity index (χ3v) is 5.21. The standard InChI is InChI=1S/C16H19N3S/c1-11-9-14(20-15-7-8-18-10-19-15)16(17-2)13-6-4-3-5-12(11)13/h3-8,10-11,14,16-17H,9H2,1-2H3. The van der Waals surface area contributed by atoms with E-state index in [4.69, 9.17) is 0 Å². The minimum Gasteiger partial charge on any atom is -0.312 e. The van der Waals surface area contributed by atoms with Crippen LogP contribution in [0.1, 0.15) is 36.4 Å². The monoisotopic (exact) mass is 285 g/mol. The van der Waals surface area contributed by atoms with Crippen molar-refractivity contribution in [1.29, 1.82) is 0 Å². The van der Waals surface area contributed by atoms with Gasteiger partial charge >= 0.3 is 0 Å². The number of aromatic nitrogens is 2. The van der Waals surface area contributed by atoms with Gasteiger partial charge in [-0.15, -0.1) is 11.8 Å². The van der Waals surface area contributed by atoms with Crippen molar-refractivity contribution in [2.24, 2.45) is 0 Å². The van der Waals surface area contributed by atoms with Gasteiger partial charge in [-0.2, -0.15) is 0 Å². The van der Waals surface area contributed by atoms with E-state index in [1.165, 1.54) is 11.1 Å². The van der Waals surface area contributed by atoms with Crippen LogP contribution in [0, 0.1) is 0 Å². The molecular formula is C16H19N3S. The van der Waals surface area contributed by atoms with E-state index in [2.05, 4.69) is 46.5 Å². The zero-order valence-corrected chi connectivity index (χ0v) is 12.6. The molecule has 1 aliphatic rings. The van der Waals surface area contributed by atoms with Gasteiger partial charge in [-0.3, -0.25) is 0 Å². The molecule has 20 heavy (non-hydrogen) atoms. The SMILES string of the molecule is CNC1c2ccccc2C(C)CC1Sc1ccncn1. The summed E-state index contributed by atoms with van der Waals surface area (Å²) in [6, 6.07) is 11.1. The summed E-state index contributed by atoms with van der Waals surface area (Å²) in [5.74, 6) is 0.593. The van der Waals surface area contributed by atoms with Crippen LogP contribution in [0.15, 0.2) is 47.9 Å². The van der Waals surface area contributed by atoms with Crippen LogP contribution in [-0.4, -0.2) is 22.3 Å². The molecule has 0 bridgehead atoms. The number of hydrogen-bond donors (Lipinski definition) is 1. The molecule has 2 aromatic rings. The predicted molar refractivity (Wildman–Crippen MR) is 83.0 cm³/mol. The molecular weight excluding hydrogens is 266 g/mol. The smallest absolute Gasteiger partial charge is 0.116 e. The maximum atomic E-state index is 4.35. The van der Waals surface area contributed by atoms with Crippen LogP contribution in [-0.2, 0) is 0 Å². The Bertz CT molecular complexity index is 573. The molecule has 0 saturated carbocycles. The fraction of sp³-hybridized carbons (Fsp3) is 0.375. The highest BCUT2D eigenvalue weighted by atomic mass is 32.2. The molecule has 0 spiro atoms. The summed E-state index contributed by atoms with van der Waals surface area (Å²) in [6.45, 7) is 2.32. The quantitative estimate of drug-likeness (QED) is 0.877. The largest absolute Gasteiger partial charge is 0.312 e. The van der Waals surface area contributed by atoms with E-state index in [1.54, 1.807) is 6.33 Å². The molecule has 1 aliphatic carbocycles. The van der Waals surface area contributed by atoms with E-state index >= 15 is 0 Å². The van der Waals surface area contributed by atoms with Crippen LogP contribution in [0.4, 0.5) is 0 Å². The Balaban J connectivity index is 1.90. The van der Waals surface area contributed by atoms with Gasteiger partial charge in [0.1, 0.15) is 6.33 Å². The minimum absolute atomic E-state index is 0.377. The van der Waals surface area contributed by atoms with Crippen molar-refractivity contribution in [1.82, 2.24) is 15.3 Å². The van der Waals surface area contributed by atoms with E-state index in [1.807, 2.05) is 31.1 Å². The van der Waals surface area contributed by atoms with E-state index in [-0.39, 0.29) is 0 Å². The predicted octanol–water partition coefficient (Wildman–Crippen LogP) is 3.41. The highest BCUT2D eigenvalue weighted by Crippen LogP contribution is 2.44. The summed E-state index contributed by atoms with van der Waals surface area (Å²) in [6.07, 6.45) is 4.60. The minimum atomic E-state index is 0.377. The first-order valence-corrected chi connectivity index (χ1v) is 7.86. The molecule has 104 valence electrons. The van der Waals surface area contributed by atoms with Gasteiger partial charge in [0, 0.05) is 17.5 Å². The third-order valence-electron chi connectivity index (χ3n) is 3.96. The molecule has 3 nitrogen and oxygen atoms in total. The second-order valence-corrected chi connectivity index (χ2v) is 6.50. The zero-order valence-electron chi connectivity index (χ0n) is 11.8. The topological polar surface area (TPSA) is 37.8 Å². The molecule has 1 aromatic heterocycles. The molecule has 0 saturated heterocycles. The van der Waals surface area contributed by atoms with Crippen LogP contribution in [0.25, 0.3) is 0 Å². The van der Waals surface area contributed by atoms with Crippen LogP contribution < -0.4 is 5.32 Å².